The molecule has 198 valence electrons. The van der Waals surface area contributed by atoms with Crippen LogP contribution in [-0.2, 0) is 4.79 Å². The van der Waals surface area contributed by atoms with Gasteiger partial charge in [0.2, 0.25) is 0 Å². The number of carbonyl (C=O) groups excluding carboxylic acids is 1. The molecule has 0 heterocycles. The number of ketones is 1. The molecule has 2 unspecified atom stereocenters. The Kier molecular flexibility index (Phi) is 7.82. The molecule has 3 fully saturated rings. The highest BCUT2D eigenvalue weighted by atomic mass is 32.2. The van der Waals surface area contributed by atoms with Crippen LogP contribution in [0.3, 0.4) is 0 Å². The van der Waals surface area contributed by atoms with Crippen molar-refractivity contribution in [1.29, 1.82) is 0 Å². The van der Waals surface area contributed by atoms with Crippen LogP contribution in [0.4, 0.5) is 0 Å². The molecule has 2 nitrogen and oxygen atoms in total. The number of hydrogen-bond donors (Lipinski definition) is 1. The van der Waals surface area contributed by atoms with Gasteiger partial charge in [-0.15, -0.1) is 11.8 Å². The molecule has 4 aliphatic carbocycles. The Labute approximate surface area is 224 Å². The average Bonchev–Trinajstić information content (AvgIpc) is 3.11. The maximum atomic E-state index is 12.4. The van der Waals surface area contributed by atoms with Crippen LogP contribution in [0.2, 0.25) is 0 Å². The van der Waals surface area contributed by atoms with E-state index >= 15 is 0 Å². The molecule has 1 aromatic carbocycles. The van der Waals surface area contributed by atoms with E-state index in [-0.39, 0.29) is 10.8 Å². The van der Waals surface area contributed by atoms with Crippen molar-refractivity contribution < 1.29 is 9.90 Å². The predicted molar refractivity (Wildman–Crippen MR) is 151 cm³/mol. The third-order valence-electron chi connectivity index (χ3n) is 11.4. The smallest absolute Gasteiger partial charge is 0.155 e. The van der Waals surface area contributed by atoms with Gasteiger partial charge in [0.15, 0.2) is 5.78 Å². The molecule has 3 heteroatoms. The summed E-state index contributed by atoms with van der Waals surface area (Å²) in [4.78, 5) is 13.8. The number of fused-ring (bicyclic) bond motifs is 5. The number of unbranched alkanes of at least 4 members (excludes halogenated alkanes) is 4. The van der Waals surface area contributed by atoms with Crippen LogP contribution in [-0.4, -0.2) is 22.2 Å². The zero-order chi connectivity index (χ0) is 25.4. The quantitative estimate of drug-likeness (QED) is 0.268. The number of aliphatic hydroxyl groups is 1. The van der Waals surface area contributed by atoms with Crippen LogP contribution in [0.5, 0.6) is 0 Å². The second kappa shape index (κ2) is 10.6. The van der Waals surface area contributed by atoms with Crippen molar-refractivity contribution in [2.75, 3.05) is 5.75 Å². The first-order valence-electron chi connectivity index (χ1n) is 14.9. The number of allylic oxidation sites excluding steroid dienone is 1. The molecule has 7 atom stereocenters. The summed E-state index contributed by atoms with van der Waals surface area (Å²) in [5.41, 5.74) is 1.23. The number of benzene rings is 1. The van der Waals surface area contributed by atoms with E-state index in [1.54, 1.807) is 0 Å². The first kappa shape index (κ1) is 26.5. The van der Waals surface area contributed by atoms with E-state index in [0.717, 1.165) is 38.0 Å². The summed E-state index contributed by atoms with van der Waals surface area (Å²) in [5, 5.41) is 11.4. The lowest BCUT2D eigenvalue weighted by Gasteiger charge is -2.61. The van der Waals surface area contributed by atoms with E-state index < -0.39 is 5.60 Å². The van der Waals surface area contributed by atoms with Crippen LogP contribution in [0.1, 0.15) is 104 Å². The van der Waals surface area contributed by atoms with E-state index in [2.05, 4.69) is 57.2 Å². The molecule has 0 aromatic heterocycles. The van der Waals surface area contributed by atoms with Gasteiger partial charge >= 0.3 is 0 Å². The fraction of sp³-hybridized carbons (Fsp3) is 0.727. The minimum Gasteiger partial charge on any atom is -0.390 e. The number of hydrogen-bond acceptors (Lipinski definition) is 3. The molecule has 3 saturated carbocycles. The van der Waals surface area contributed by atoms with Crippen molar-refractivity contribution in [1.82, 2.24) is 0 Å². The Morgan fingerprint density at radius 1 is 0.917 bits per heavy atom. The first-order chi connectivity index (χ1) is 17.2. The Bertz CT molecular complexity index is 952. The van der Waals surface area contributed by atoms with Crippen LogP contribution in [0, 0.1) is 34.5 Å². The van der Waals surface area contributed by atoms with E-state index in [0.29, 0.717) is 23.5 Å². The molecule has 0 saturated heterocycles. The minimum atomic E-state index is -0.523. The normalized spacial score (nSPS) is 39.8. The highest BCUT2D eigenvalue weighted by Crippen LogP contribution is 2.69. The maximum absolute atomic E-state index is 12.4. The zero-order valence-corrected chi connectivity index (χ0v) is 23.8. The molecule has 36 heavy (non-hydrogen) atoms. The lowest BCUT2D eigenvalue weighted by Crippen LogP contribution is -2.56. The zero-order valence-electron chi connectivity index (χ0n) is 22.9. The molecular weight excluding hydrogens is 460 g/mol. The summed E-state index contributed by atoms with van der Waals surface area (Å²) in [6, 6.07) is 10.8. The summed E-state index contributed by atoms with van der Waals surface area (Å²) in [6.07, 6.45) is 17.4. The highest BCUT2D eigenvalue weighted by molar-refractivity contribution is 7.99. The van der Waals surface area contributed by atoms with Crippen molar-refractivity contribution in [3.8, 4) is 0 Å². The topological polar surface area (TPSA) is 37.3 Å². The Hall–Kier alpha value is -1.06. The molecule has 0 spiro atoms. The van der Waals surface area contributed by atoms with Crippen LogP contribution >= 0.6 is 11.8 Å². The molecular formula is C33H48O2S. The maximum Gasteiger partial charge on any atom is 0.155 e. The Morgan fingerprint density at radius 3 is 2.44 bits per heavy atom. The minimum absolute atomic E-state index is 0.0604. The number of rotatable bonds is 9. The van der Waals surface area contributed by atoms with Crippen molar-refractivity contribution in [2.45, 2.75) is 115 Å². The van der Waals surface area contributed by atoms with Crippen LogP contribution in [0.15, 0.2) is 46.9 Å². The molecule has 4 aliphatic rings. The van der Waals surface area contributed by atoms with E-state index in [4.69, 9.17) is 0 Å². The van der Waals surface area contributed by atoms with Gasteiger partial charge in [-0.2, -0.15) is 0 Å². The molecule has 5 rings (SSSR count). The number of thioether (sulfide) groups is 1. The van der Waals surface area contributed by atoms with Gasteiger partial charge in [0.1, 0.15) is 0 Å². The molecule has 0 radical (unpaired) electrons. The Morgan fingerprint density at radius 2 is 1.64 bits per heavy atom. The fourth-order valence-electron chi connectivity index (χ4n) is 8.99. The second-order valence-electron chi connectivity index (χ2n) is 13.3. The summed E-state index contributed by atoms with van der Waals surface area (Å²) >= 11 is 1.98. The molecule has 0 bridgehead atoms. The SMILES string of the molecule is CC1(O)CC[C@H]2[C@@H]3C(CCCCCCCSc4ccccc4)CC4=CC(=O)CC[C@]4(C)[C@@H]3CC[C@@]21C. The fourth-order valence-corrected chi connectivity index (χ4v) is 9.92. The van der Waals surface area contributed by atoms with Crippen LogP contribution < -0.4 is 0 Å². The second-order valence-corrected chi connectivity index (χ2v) is 14.5. The van der Waals surface area contributed by atoms with Gasteiger partial charge in [-0.3, -0.25) is 4.79 Å². The summed E-state index contributed by atoms with van der Waals surface area (Å²) < 4.78 is 0. The van der Waals surface area contributed by atoms with Gasteiger partial charge in [0.05, 0.1) is 5.60 Å². The van der Waals surface area contributed by atoms with Gasteiger partial charge in [-0.25, -0.2) is 0 Å². The van der Waals surface area contributed by atoms with E-state index in [9.17, 15) is 9.90 Å². The van der Waals surface area contributed by atoms with Crippen molar-refractivity contribution >= 4 is 17.5 Å². The third-order valence-corrected chi connectivity index (χ3v) is 12.5. The van der Waals surface area contributed by atoms with Crippen molar-refractivity contribution in [3.05, 3.63) is 42.0 Å². The van der Waals surface area contributed by atoms with Gasteiger partial charge in [-0.05, 0) is 117 Å². The summed E-state index contributed by atoms with van der Waals surface area (Å²) in [6.45, 7) is 7.01. The van der Waals surface area contributed by atoms with Crippen molar-refractivity contribution in [2.24, 2.45) is 34.5 Å². The third kappa shape index (κ3) is 4.89. The molecule has 1 aromatic rings. The highest BCUT2D eigenvalue weighted by Gasteiger charge is 2.64. The van der Waals surface area contributed by atoms with Gasteiger partial charge in [0, 0.05) is 11.3 Å². The standard InChI is InChI=1S/C33H48O2S/c1-31-18-15-26(34)23-25(31)22-24(12-8-5-4-6-11-21-36-27-13-9-7-10-14-27)30-28(31)16-19-32(2)29(30)17-20-33(32,3)35/h7,9-10,13-14,23-24,28-30,35H,4-6,8,11-12,15-22H2,1-3H3/t24?,28-,29+,30-,31+,32+,33?/m1/s1. The Balaban J connectivity index is 1.19. The lowest BCUT2D eigenvalue weighted by molar-refractivity contribution is -0.135. The summed E-state index contributed by atoms with van der Waals surface area (Å²) in [5.74, 6) is 4.32. The first-order valence-corrected chi connectivity index (χ1v) is 15.9. The molecule has 1 N–H and O–H groups in total. The number of carbonyl (C=O) groups is 1. The summed E-state index contributed by atoms with van der Waals surface area (Å²) in [7, 11) is 0. The largest absolute Gasteiger partial charge is 0.390 e. The predicted octanol–water partition coefficient (Wildman–Crippen LogP) is 8.63. The van der Waals surface area contributed by atoms with Gasteiger partial charge < -0.3 is 5.11 Å². The molecule has 0 amide bonds. The molecule has 0 aliphatic heterocycles. The van der Waals surface area contributed by atoms with Gasteiger partial charge in [0.25, 0.3) is 0 Å². The van der Waals surface area contributed by atoms with E-state index in [1.807, 2.05) is 11.8 Å². The monoisotopic (exact) mass is 508 g/mol. The van der Waals surface area contributed by atoms with E-state index in [1.165, 1.54) is 67.6 Å². The lowest BCUT2D eigenvalue weighted by atomic mass is 9.44. The van der Waals surface area contributed by atoms with Crippen molar-refractivity contribution in [3.63, 3.8) is 0 Å². The van der Waals surface area contributed by atoms with Crippen LogP contribution in [0.25, 0.3) is 0 Å². The average molecular weight is 509 g/mol. The van der Waals surface area contributed by atoms with Gasteiger partial charge in [-0.1, -0.05) is 63.3 Å².